The molecule has 10 heteroatoms. The van der Waals surface area contributed by atoms with Crippen molar-refractivity contribution >= 4 is 45.0 Å². The number of nitrogens with one attached hydrogen (secondary N) is 2. The number of hydrazine groups is 1. The van der Waals surface area contributed by atoms with Crippen LogP contribution in [0.5, 0.6) is 5.75 Å². The third kappa shape index (κ3) is 4.96. The van der Waals surface area contributed by atoms with Crippen molar-refractivity contribution in [2.24, 2.45) is 0 Å². The Morgan fingerprint density at radius 3 is 2.61 bits per heavy atom. The maximum Gasteiger partial charge on any atom is 0.257 e. The second-order valence-corrected chi connectivity index (χ2v) is 8.05. The standard InChI is InChI=1S/C18H23BrClN5O3/c1-2-17(27)22-25-10-12(11-25)23-3-5-24(6-4-23)18(28)9-21-15-7-13(19)14(20)8-16(15)26/h2,7-8,12,21,26H,1,3-6,9-11H2,(H,22,27). The maximum absolute atomic E-state index is 12.5. The van der Waals surface area contributed by atoms with Crippen LogP contribution < -0.4 is 10.7 Å². The van der Waals surface area contributed by atoms with Crippen LogP contribution in [0.15, 0.2) is 29.3 Å². The van der Waals surface area contributed by atoms with E-state index in [4.69, 9.17) is 11.6 Å². The summed E-state index contributed by atoms with van der Waals surface area (Å²) in [5.41, 5.74) is 3.21. The molecule has 2 heterocycles. The highest BCUT2D eigenvalue weighted by Crippen LogP contribution is 2.33. The van der Waals surface area contributed by atoms with Gasteiger partial charge in [-0.1, -0.05) is 18.2 Å². The summed E-state index contributed by atoms with van der Waals surface area (Å²) in [4.78, 5) is 27.9. The van der Waals surface area contributed by atoms with Crippen molar-refractivity contribution in [3.05, 3.63) is 34.3 Å². The molecule has 152 valence electrons. The average Bonchev–Trinajstić information content (AvgIpc) is 2.65. The van der Waals surface area contributed by atoms with Gasteiger partial charge in [0.2, 0.25) is 5.91 Å². The summed E-state index contributed by atoms with van der Waals surface area (Å²) in [5, 5.41) is 15.2. The zero-order valence-corrected chi connectivity index (χ0v) is 17.7. The fraction of sp³-hybridized carbons (Fsp3) is 0.444. The first kappa shape index (κ1) is 20.9. The number of rotatable bonds is 6. The number of carbonyl (C=O) groups is 2. The van der Waals surface area contributed by atoms with Gasteiger partial charge in [-0.05, 0) is 28.1 Å². The van der Waals surface area contributed by atoms with Gasteiger partial charge in [0.15, 0.2) is 0 Å². The predicted octanol–water partition coefficient (Wildman–Crippen LogP) is 1.27. The minimum absolute atomic E-state index is 0.00361. The van der Waals surface area contributed by atoms with Gasteiger partial charge in [0.25, 0.3) is 5.91 Å². The molecule has 28 heavy (non-hydrogen) atoms. The highest BCUT2D eigenvalue weighted by Gasteiger charge is 2.34. The van der Waals surface area contributed by atoms with E-state index in [1.807, 2.05) is 9.91 Å². The lowest BCUT2D eigenvalue weighted by Crippen LogP contribution is -2.67. The number of phenolic OH excluding ortho intramolecular Hbond substituents is 1. The number of nitrogens with zero attached hydrogens (tertiary/aromatic N) is 3. The van der Waals surface area contributed by atoms with Crippen LogP contribution in [0.1, 0.15) is 0 Å². The molecule has 1 aromatic rings. The van der Waals surface area contributed by atoms with Crippen molar-refractivity contribution in [1.82, 2.24) is 20.2 Å². The number of carbonyl (C=O) groups excluding carboxylic acids is 2. The number of aromatic hydroxyl groups is 1. The van der Waals surface area contributed by atoms with Gasteiger partial charge in [-0.25, -0.2) is 5.01 Å². The SMILES string of the molecule is C=CC(=O)NN1CC(N2CCN(C(=O)CNc3cc(Br)c(Cl)cc3O)CC2)C1. The van der Waals surface area contributed by atoms with Gasteiger partial charge in [0.05, 0.1) is 17.3 Å². The zero-order chi connectivity index (χ0) is 20.3. The highest BCUT2D eigenvalue weighted by molar-refractivity contribution is 9.10. The molecule has 2 fully saturated rings. The monoisotopic (exact) mass is 471 g/mol. The van der Waals surface area contributed by atoms with Crippen molar-refractivity contribution in [3.8, 4) is 5.75 Å². The second kappa shape index (κ2) is 9.13. The molecule has 2 aliphatic heterocycles. The van der Waals surface area contributed by atoms with E-state index in [0.717, 1.165) is 26.2 Å². The minimum atomic E-state index is -0.194. The summed E-state index contributed by atoms with van der Waals surface area (Å²) in [6.07, 6.45) is 1.26. The third-order valence-corrected chi connectivity index (χ3v) is 6.17. The van der Waals surface area contributed by atoms with Crippen LogP contribution in [-0.2, 0) is 9.59 Å². The number of phenols is 1. The largest absolute Gasteiger partial charge is 0.506 e. The van der Waals surface area contributed by atoms with Crippen molar-refractivity contribution in [2.45, 2.75) is 6.04 Å². The van der Waals surface area contributed by atoms with Gasteiger partial charge in [-0.15, -0.1) is 0 Å². The van der Waals surface area contributed by atoms with Crippen molar-refractivity contribution < 1.29 is 14.7 Å². The molecule has 0 saturated carbocycles. The molecule has 0 unspecified atom stereocenters. The number of amides is 2. The van der Waals surface area contributed by atoms with Gasteiger partial charge in [-0.3, -0.25) is 19.9 Å². The maximum atomic E-state index is 12.5. The predicted molar refractivity (Wildman–Crippen MR) is 111 cm³/mol. The molecule has 3 rings (SSSR count). The Balaban J connectivity index is 1.40. The van der Waals surface area contributed by atoms with Gasteiger partial charge in [-0.2, -0.15) is 0 Å². The van der Waals surface area contributed by atoms with Gasteiger partial charge >= 0.3 is 0 Å². The van der Waals surface area contributed by atoms with E-state index in [9.17, 15) is 14.7 Å². The van der Waals surface area contributed by atoms with Gasteiger partial charge < -0.3 is 15.3 Å². The first-order chi connectivity index (χ1) is 13.4. The Morgan fingerprint density at radius 1 is 1.29 bits per heavy atom. The molecule has 3 N–H and O–H groups in total. The lowest BCUT2D eigenvalue weighted by atomic mass is 10.1. The number of benzene rings is 1. The van der Waals surface area contributed by atoms with E-state index in [1.54, 1.807) is 6.07 Å². The first-order valence-electron chi connectivity index (χ1n) is 8.99. The summed E-state index contributed by atoms with van der Waals surface area (Å²) in [5.74, 6) is -0.206. The second-order valence-electron chi connectivity index (χ2n) is 6.79. The summed E-state index contributed by atoms with van der Waals surface area (Å²) >= 11 is 9.23. The molecule has 2 amide bonds. The quantitative estimate of drug-likeness (QED) is 0.427. The summed E-state index contributed by atoms with van der Waals surface area (Å²) in [6, 6.07) is 3.47. The normalized spacial score (nSPS) is 18.4. The van der Waals surface area contributed by atoms with Gasteiger partial charge in [0, 0.05) is 55.8 Å². The van der Waals surface area contributed by atoms with Crippen LogP contribution in [-0.4, -0.2) is 83.6 Å². The highest BCUT2D eigenvalue weighted by atomic mass is 79.9. The lowest BCUT2D eigenvalue weighted by molar-refractivity contribution is -0.133. The van der Waals surface area contributed by atoms with Crippen LogP contribution in [0.2, 0.25) is 5.02 Å². The van der Waals surface area contributed by atoms with E-state index in [0.29, 0.717) is 34.3 Å². The molecule has 8 nitrogen and oxygen atoms in total. The molecule has 0 aromatic heterocycles. The van der Waals surface area contributed by atoms with Gasteiger partial charge in [0.1, 0.15) is 5.75 Å². The minimum Gasteiger partial charge on any atom is -0.506 e. The summed E-state index contributed by atoms with van der Waals surface area (Å²) in [7, 11) is 0. The Morgan fingerprint density at radius 2 is 1.96 bits per heavy atom. The zero-order valence-electron chi connectivity index (χ0n) is 15.3. The Bertz CT molecular complexity index is 764. The Hall–Kier alpha value is -1.81. The fourth-order valence-electron chi connectivity index (χ4n) is 3.28. The van der Waals surface area contributed by atoms with Crippen LogP contribution in [0.3, 0.4) is 0 Å². The number of hydrogen-bond acceptors (Lipinski definition) is 6. The topological polar surface area (TPSA) is 88.2 Å². The van der Waals surface area contributed by atoms with E-state index in [2.05, 4.69) is 38.2 Å². The molecular formula is C18H23BrClN5O3. The molecule has 0 bridgehead atoms. The number of halogens is 2. The van der Waals surface area contributed by atoms with E-state index >= 15 is 0 Å². The van der Waals surface area contributed by atoms with Crippen LogP contribution in [0.25, 0.3) is 0 Å². The lowest BCUT2D eigenvalue weighted by Gasteiger charge is -2.47. The van der Waals surface area contributed by atoms with E-state index in [-0.39, 0.29) is 24.1 Å². The number of anilines is 1. The van der Waals surface area contributed by atoms with Crippen LogP contribution in [0, 0.1) is 0 Å². The van der Waals surface area contributed by atoms with Crippen LogP contribution in [0.4, 0.5) is 5.69 Å². The van der Waals surface area contributed by atoms with Crippen molar-refractivity contribution in [3.63, 3.8) is 0 Å². The number of piperazine rings is 1. The molecule has 0 radical (unpaired) electrons. The van der Waals surface area contributed by atoms with Crippen molar-refractivity contribution in [1.29, 1.82) is 0 Å². The molecule has 0 aliphatic carbocycles. The fourth-order valence-corrected chi connectivity index (χ4v) is 3.78. The van der Waals surface area contributed by atoms with E-state index in [1.165, 1.54) is 12.1 Å². The molecule has 2 saturated heterocycles. The third-order valence-electron chi connectivity index (χ3n) is 4.97. The Labute approximate surface area is 177 Å². The average molecular weight is 473 g/mol. The molecule has 0 atom stereocenters. The van der Waals surface area contributed by atoms with Crippen LogP contribution >= 0.6 is 27.5 Å². The van der Waals surface area contributed by atoms with Crippen molar-refractivity contribution in [2.75, 3.05) is 51.1 Å². The Kier molecular flexibility index (Phi) is 6.82. The summed E-state index contributed by atoms with van der Waals surface area (Å²) in [6.45, 7) is 8.02. The molecule has 1 aromatic carbocycles. The molecular weight excluding hydrogens is 450 g/mol. The number of hydrogen-bond donors (Lipinski definition) is 3. The summed E-state index contributed by atoms with van der Waals surface area (Å²) < 4.78 is 0.648. The smallest absolute Gasteiger partial charge is 0.257 e. The molecule has 2 aliphatic rings. The first-order valence-corrected chi connectivity index (χ1v) is 10.2. The molecule has 0 spiro atoms. The van der Waals surface area contributed by atoms with E-state index < -0.39 is 0 Å².